The number of hydrogen-bond acceptors (Lipinski definition) is 7. The molecule has 12 heteroatoms. The average molecular weight is 497 g/mol. The second-order valence-electron chi connectivity index (χ2n) is 8.19. The molecule has 1 aromatic heterocycles. The van der Waals surface area contributed by atoms with E-state index < -0.39 is 12.6 Å². The molecule has 1 aliphatic heterocycles. The van der Waals surface area contributed by atoms with Crippen LogP contribution in [-0.4, -0.2) is 54.9 Å². The maximum Gasteiger partial charge on any atom is 0.389 e. The third-order valence-corrected chi connectivity index (χ3v) is 5.58. The summed E-state index contributed by atoms with van der Waals surface area (Å²) in [5.41, 5.74) is 8.45. The second kappa shape index (κ2) is 12.2. The summed E-state index contributed by atoms with van der Waals surface area (Å²) in [5.74, 6) is -0.114. The number of nitrogens with two attached hydrogens (primary N) is 1. The van der Waals surface area contributed by atoms with Gasteiger partial charge in [0.2, 0.25) is 18.2 Å². The van der Waals surface area contributed by atoms with Gasteiger partial charge in [0, 0.05) is 56.0 Å². The predicted molar refractivity (Wildman–Crippen MR) is 128 cm³/mol. The van der Waals surface area contributed by atoms with Gasteiger partial charge in [0.05, 0.1) is 0 Å². The molecule has 2 heterocycles. The molecule has 2 amide bonds. The summed E-state index contributed by atoms with van der Waals surface area (Å²) >= 11 is 0. The Kier molecular flexibility index (Phi) is 9.67. The Balaban J connectivity index is 0.000000269. The number of nitrogens with zero attached hydrogens (tertiary/aromatic N) is 4. The first-order chi connectivity index (χ1) is 16.4. The van der Waals surface area contributed by atoms with Crippen molar-refractivity contribution >= 4 is 35.3 Å². The van der Waals surface area contributed by atoms with E-state index in [2.05, 4.69) is 46.9 Å². The molecule has 3 rings (SSSR count). The van der Waals surface area contributed by atoms with Crippen LogP contribution in [0.4, 0.5) is 30.6 Å². The van der Waals surface area contributed by atoms with Crippen molar-refractivity contribution in [2.45, 2.75) is 51.7 Å². The Morgan fingerprint density at radius 1 is 1.37 bits per heavy atom. The van der Waals surface area contributed by atoms with Gasteiger partial charge in [-0.05, 0) is 50.5 Å². The van der Waals surface area contributed by atoms with Crippen LogP contribution in [0, 0.1) is 6.92 Å². The van der Waals surface area contributed by atoms with Crippen molar-refractivity contribution in [2.75, 3.05) is 35.7 Å². The van der Waals surface area contributed by atoms with E-state index in [1.165, 1.54) is 12.1 Å². The highest BCUT2D eigenvalue weighted by Crippen LogP contribution is 2.31. The third-order valence-electron chi connectivity index (χ3n) is 5.58. The van der Waals surface area contributed by atoms with Crippen LogP contribution in [0.5, 0.6) is 0 Å². The summed E-state index contributed by atoms with van der Waals surface area (Å²) in [7, 11) is 1.60. The molecular weight excluding hydrogens is 465 g/mol. The third kappa shape index (κ3) is 8.30. The lowest BCUT2D eigenvalue weighted by molar-refractivity contribution is -0.133. The van der Waals surface area contributed by atoms with Gasteiger partial charge in [0.1, 0.15) is 0 Å². The number of hydrogen-bond donors (Lipinski definition) is 2. The maximum absolute atomic E-state index is 11.8. The molecule has 0 spiro atoms. The Bertz CT molecular complexity index is 1020. The number of halogens is 3. The number of nitrogen functional groups attached to an aromatic ring is 1. The van der Waals surface area contributed by atoms with Crippen LogP contribution in [0.3, 0.4) is 0 Å². The molecule has 1 aliphatic rings. The largest absolute Gasteiger partial charge is 0.404 e. The van der Waals surface area contributed by atoms with E-state index in [-0.39, 0.29) is 29.8 Å². The second-order valence-corrected chi connectivity index (χ2v) is 8.19. The van der Waals surface area contributed by atoms with Gasteiger partial charge in [-0.15, -0.1) is 5.10 Å². The highest BCUT2D eigenvalue weighted by molar-refractivity contribution is 5.80. The number of carbonyl (C=O) groups excluding carboxylic acids is 2. The van der Waals surface area contributed by atoms with Crippen molar-refractivity contribution in [2.24, 2.45) is 0 Å². The van der Waals surface area contributed by atoms with Crippen LogP contribution in [0.25, 0.3) is 5.57 Å². The van der Waals surface area contributed by atoms with Crippen molar-refractivity contribution in [3.05, 3.63) is 36.2 Å². The molecule has 0 aliphatic carbocycles. The molecule has 3 N–H and O–H groups in total. The number of nitrogens with one attached hydrogen (secondary N) is 1. The van der Waals surface area contributed by atoms with Gasteiger partial charge in [0.25, 0.3) is 0 Å². The zero-order valence-corrected chi connectivity index (χ0v) is 20.1. The van der Waals surface area contributed by atoms with Crippen LogP contribution in [0.2, 0.25) is 0 Å². The van der Waals surface area contributed by atoms with Gasteiger partial charge in [-0.1, -0.05) is 11.7 Å². The first-order valence-corrected chi connectivity index (χ1v) is 11.1. The zero-order chi connectivity index (χ0) is 26.2. The van der Waals surface area contributed by atoms with Gasteiger partial charge in [-0.25, -0.2) is 0 Å². The molecule has 1 atom stereocenters. The molecule has 0 saturated carbocycles. The predicted octanol–water partition coefficient (Wildman–Crippen LogP) is 3.70. The van der Waals surface area contributed by atoms with Gasteiger partial charge < -0.3 is 25.3 Å². The van der Waals surface area contributed by atoms with E-state index in [9.17, 15) is 22.8 Å². The van der Waals surface area contributed by atoms with Gasteiger partial charge >= 0.3 is 12.2 Å². The van der Waals surface area contributed by atoms with Crippen LogP contribution in [-0.2, 0) is 9.59 Å². The molecule has 2 aromatic rings. The van der Waals surface area contributed by atoms with Crippen LogP contribution in [0.15, 0.2) is 29.2 Å². The molecule has 0 bridgehead atoms. The van der Waals surface area contributed by atoms with Gasteiger partial charge in [-0.3, -0.25) is 9.59 Å². The molecule has 1 saturated heterocycles. The van der Waals surface area contributed by atoms with Crippen LogP contribution in [0.1, 0.15) is 44.1 Å². The number of allylic oxidation sites excluding steroid dienone is 1. The molecular formula is C23H31F3N6O3. The number of rotatable bonds is 9. The van der Waals surface area contributed by atoms with E-state index in [0.29, 0.717) is 19.0 Å². The van der Waals surface area contributed by atoms with Crippen LogP contribution >= 0.6 is 0 Å². The van der Waals surface area contributed by atoms with E-state index in [0.717, 1.165) is 24.2 Å². The summed E-state index contributed by atoms with van der Waals surface area (Å²) in [5, 5.41) is 9.27. The highest BCUT2D eigenvalue weighted by atomic mass is 19.4. The molecule has 1 aromatic carbocycles. The Labute approximate surface area is 202 Å². The number of anilines is 3. The normalized spacial score (nSPS) is 14.9. The van der Waals surface area contributed by atoms with Gasteiger partial charge in [0.15, 0.2) is 0 Å². The van der Waals surface area contributed by atoms with E-state index in [4.69, 9.17) is 10.2 Å². The lowest BCUT2D eigenvalue weighted by Gasteiger charge is -2.41. The summed E-state index contributed by atoms with van der Waals surface area (Å²) in [6.07, 6.45) is -3.13. The smallest absolute Gasteiger partial charge is 0.389 e. The van der Waals surface area contributed by atoms with Crippen LogP contribution < -0.4 is 20.9 Å². The minimum atomic E-state index is -4.21. The maximum atomic E-state index is 11.8. The monoisotopic (exact) mass is 496 g/mol. The SMILES string of the molecule is C=C(CCC(F)(F)F)c1nnc(N)o1.CNC(=O)CCN(C=O)c1ccc(N2CCC2C)c(C)c1. The number of alkyl halides is 3. The number of benzene rings is 1. The summed E-state index contributed by atoms with van der Waals surface area (Å²) in [4.78, 5) is 26.5. The standard InChI is InChI=1S/C16H23N3O2.C7H8F3N3O/c1-12-10-14(18(11-20)8-7-16(21)17-3)4-5-15(12)19-9-6-13(19)2;1-4(2-3-7(8,9)10)5-12-13-6(11)14-5/h4-5,10-11,13H,6-9H2,1-3H3,(H,17,21);1-3H2,(H2,11,13). The van der Waals surface area contributed by atoms with Crippen molar-refractivity contribution in [3.63, 3.8) is 0 Å². The topological polar surface area (TPSA) is 118 Å². The molecule has 35 heavy (non-hydrogen) atoms. The molecule has 192 valence electrons. The fourth-order valence-corrected chi connectivity index (χ4v) is 3.38. The molecule has 0 radical (unpaired) electrons. The number of amides is 2. The lowest BCUT2D eigenvalue weighted by Crippen LogP contribution is -2.46. The summed E-state index contributed by atoms with van der Waals surface area (Å²) < 4.78 is 40.1. The molecule has 1 unspecified atom stereocenters. The van der Waals surface area contributed by atoms with Crippen molar-refractivity contribution in [1.82, 2.24) is 15.5 Å². The van der Waals surface area contributed by atoms with E-state index in [1.807, 2.05) is 12.1 Å². The quantitative estimate of drug-likeness (QED) is 0.508. The fourth-order valence-electron chi connectivity index (χ4n) is 3.38. The van der Waals surface area contributed by atoms with Crippen molar-refractivity contribution < 1.29 is 27.2 Å². The Hall–Kier alpha value is -3.57. The molecule has 1 fully saturated rings. The summed E-state index contributed by atoms with van der Waals surface area (Å²) in [6.45, 7) is 9.15. The first kappa shape index (κ1) is 27.7. The lowest BCUT2D eigenvalue weighted by atomic mass is 10.0. The fraction of sp³-hybridized carbons (Fsp3) is 0.478. The van der Waals surface area contributed by atoms with Gasteiger partial charge in [-0.2, -0.15) is 13.2 Å². The van der Waals surface area contributed by atoms with E-state index >= 15 is 0 Å². The molecule has 9 nitrogen and oxygen atoms in total. The average Bonchev–Trinajstić information content (AvgIpc) is 3.24. The first-order valence-electron chi connectivity index (χ1n) is 11.1. The Morgan fingerprint density at radius 2 is 2.09 bits per heavy atom. The van der Waals surface area contributed by atoms with Crippen molar-refractivity contribution in [3.8, 4) is 0 Å². The number of aromatic nitrogens is 2. The van der Waals surface area contributed by atoms with E-state index in [1.54, 1.807) is 11.9 Å². The zero-order valence-electron chi connectivity index (χ0n) is 20.1. The summed E-state index contributed by atoms with van der Waals surface area (Å²) in [6, 6.07) is 6.43. The highest BCUT2D eigenvalue weighted by Gasteiger charge is 2.27. The Morgan fingerprint density at radius 3 is 2.54 bits per heavy atom. The number of carbonyl (C=O) groups is 2. The van der Waals surface area contributed by atoms with Crippen molar-refractivity contribution in [1.29, 1.82) is 0 Å². The number of aryl methyl sites for hydroxylation is 1. The minimum absolute atomic E-state index is 0.0493. The minimum Gasteiger partial charge on any atom is -0.404 e.